The predicted octanol–water partition coefficient (Wildman–Crippen LogP) is 2.36. The highest BCUT2D eigenvalue weighted by Gasteiger charge is 2.16. The second-order valence-corrected chi connectivity index (χ2v) is 5.72. The standard InChI is InChI=1S/C19H19NO7/c1-24-13-4-5-15(21)14(10-13)19(23)27-11-18(22)20-12-3-6-16-17(9-12)26-8-2-7-25-16/h3-6,9-10,21H,2,7-8,11H2,1H3,(H,20,22). The van der Waals surface area contributed by atoms with Gasteiger partial charge in [0.25, 0.3) is 5.91 Å². The van der Waals surface area contributed by atoms with Crippen LogP contribution in [0.4, 0.5) is 5.69 Å². The van der Waals surface area contributed by atoms with Gasteiger partial charge in [-0.05, 0) is 30.3 Å². The van der Waals surface area contributed by atoms with E-state index in [1.807, 2.05) is 0 Å². The second kappa shape index (κ2) is 8.31. The molecule has 0 aromatic heterocycles. The number of amides is 1. The lowest BCUT2D eigenvalue weighted by atomic mass is 10.2. The molecule has 8 heteroatoms. The van der Waals surface area contributed by atoms with Crippen molar-refractivity contribution in [1.29, 1.82) is 0 Å². The van der Waals surface area contributed by atoms with Crippen LogP contribution in [0.1, 0.15) is 16.8 Å². The Morgan fingerprint density at radius 1 is 1.11 bits per heavy atom. The first-order valence-electron chi connectivity index (χ1n) is 8.30. The smallest absolute Gasteiger partial charge is 0.342 e. The van der Waals surface area contributed by atoms with E-state index < -0.39 is 18.5 Å². The van der Waals surface area contributed by atoms with Crippen molar-refractivity contribution in [2.45, 2.75) is 6.42 Å². The molecular weight excluding hydrogens is 354 g/mol. The molecule has 0 saturated carbocycles. The molecule has 0 fully saturated rings. The van der Waals surface area contributed by atoms with E-state index in [1.165, 1.54) is 25.3 Å². The Labute approximate surface area is 155 Å². The SMILES string of the molecule is COc1ccc(O)c(C(=O)OCC(=O)Nc2ccc3c(c2)OCCCO3)c1. The highest BCUT2D eigenvalue weighted by molar-refractivity contribution is 5.97. The van der Waals surface area contributed by atoms with E-state index in [0.29, 0.717) is 36.1 Å². The number of methoxy groups -OCH3 is 1. The highest BCUT2D eigenvalue weighted by atomic mass is 16.5. The minimum absolute atomic E-state index is 0.0854. The molecule has 0 spiro atoms. The molecule has 0 unspecified atom stereocenters. The van der Waals surface area contributed by atoms with Crippen LogP contribution in [0.2, 0.25) is 0 Å². The van der Waals surface area contributed by atoms with Gasteiger partial charge in [-0.2, -0.15) is 0 Å². The van der Waals surface area contributed by atoms with Crippen molar-refractivity contribution < 1.29 is 33.6 Å². The number of anilines is 1. The van der Waals surface area contributed by atoms with Gasteiger partial charge in [0.2, 0.25) is 0 Å². The van der Waals surface area contributed by atoms with E-state index in [0.717, 1.165) is 6.42 Å². The van der Waals surface area contributed by atoms with Gasteiger partial charge >= 0.3 is 5.97 Å². The van der Waals surface area contributed by atoms with Gasteiger partial charge in [-0.25, -0.2) is 4.79 Å². The molecule has 0 atom stereocenters. The van der Waals surface area contributed by atoms with Gasteiger partial charge in [0.05, 0.1) is 20.3 Å². The van der Waals surface area contributed by atoms with Gasteiger partial charge in [0.15, 0.2) is 18.1 Å². The fourth-order valence-electron chi connectivity index (χ4n) is 2.45. The molecule has 2 N–H and O–H groups in total. The summed E-state index contributed by atoms with van der Waals surface area (Å²) in [6.07, 6.45) is 0.781. The maximum atomic E-state index is 12.1. The van der Waals surface area contributed by atoms with Gasteiger partial charge in [-0.3, -0.25) is 4.79 Å². The molecule has 0 aliphatic carbocycles. The van der Waals surface area contributed by atoms with Crippen LogP contribution < -0.4 is 19.5 Å². The Balaban J connectivity index is 1.58. The number of ether oxygens (including phenoxy) is 4. The third kappa shape index (κ3) is 4.60. The van der Waals surface area contributed by atoms with Crippen molar-refractivity contribution in [3.63, 3.8) is 0 Å². The van der Waals surface area contributed by atoms with Gasteiger partial charge in [-0.1, -0.05) is 0 Å². The molecular formula is C19H19NO7. The number of aromatic hydroxyl groups is 1. The van der Waals surface area contributed by atoms with Gasteiger partial charge < -0.3 is 29.4 Å². The first-order chi connectivity index (χ1) is 13.1. The fourth-order valence-corrected chi connectivity index (χ4v) is 2.45. The van der Waals surface area contributed by atoms with Crippen LogP contribution in [0.5, 0.6) is 23.0 Å². The summed E-state index contributed by atoms with van der Waals surface area (Å²) in [5.74, 6) is -0.0741. The molecule has 27 heavy (non-hydrogen) atoms. The van der Waals surface area contributed by atoms with Crippen molar-refractivity contribution in [2.75, 3.05) is 32.2 Å². The van der Waals surface area contributed by atoms with Gasteiger partial charge in [0, 0.05) is 18.2 Å². The number of fused-ring (bicyclic) bond motifs is 1. The number of rotatable bonds is 5. The normalized spacial score (nSPS) is 12.6. The molecule has 0 bridgehead atoms. The number of carbonyl (C=O) groups is 2. The zero-order chi connectivity index (χ0) is 19.2. The summed E-state index contributed by atoms with van der Waals surface area (Å²) in [6, 6.07) is 9.17. The van der Waals surface area contributed by atoms with Crippen LogP contribution in [-0.2, 0) is 9.53 Å². The molecule has 142 valence electrons. The summed E-state index contributed by atoms with van der Waals surface area (Å²) < 4.78 is 21.0. The molecule has 8 nitrogen and oxygen atoms in total. The van der Waals surface area contributed by atoms with Crippen LogP contribution in [0.15, 0.2) is 36.4 Å². The van der Waals surface area contributed by atoms with E-state index >= 15 is 0 Å². The van der Waals surface area contributed by atoms with E-state index in [1.54, 1.807) is 18.2 Å². The number of hydrogen-bond donors (Lipinski definition) is 2. The fraction of sp³-hybridized carbons (Fsp3) is 0.263. The lowest BCUT2D eigenvalue weighted by Gasteiger charge is -2.11. The minimum atomic E-state index is -0.833. The third-order valence-electron chi connectivity index (χ3n) is 3.79. The second-order valence-electron chi connectivity index (χ2n) is 5.72. The van der Waals surface area contributed by atoms with Crippen LogP contribution >= 0.6 is 0 Å². The number of esters is 1. The molecule has 3 rings (SSSR count). The number of phenols is 1. The zero-order valence-electron chi connectivity index (χ0n) is 14.7. The topological polar surface area (TPSA) is 103 Å². The Morgan fingerprint density at radius 3 is 2.67 bits per heavy atom. The number of nitrogens with one attached hydrogen (secondary N) is 1. The van der Waals surface area contributed by atoms with Crippen molar-refractivity contribution in [3.05, 3.63) is 42.0 Å². The Bertz CT molecular complexity index is 850. The number of carbonyl (C=O) groups excluding carboxylic acids is 2. The first kappa shape index (κ1) is 18.4. The van der Waals surface area contributed by atoms with E-state index in [-0.39, 0.29) is 11.3 Å². The molecule has 1 aliphatic heterocycles. The summed E-state index contributed by atoms with van der Waals surface area (Å²) in [5.41, 5.74) is 0.405. The number of phenolic OH excluding ortho intramolecular Hbond substituents is 1. The summed E-state index contributed by atoms with van der Waals surface area (Å²) >= 11 is 0. The third-order valence-corrected chi connectivity index (χ3v) is 3.79. The average Bonchev–Trinajstić information content (AvgIpc) is 2.91. The Hall–Kier alpha value is -3.42. The Morgan fingerprint density at radius 2 is 1.89 bits per heavy atom. The summed E-state index contributed by atoms with van der Waals surface area (Å²) in [4.78, 5) is 24.1. The molecule has 0 radical (unpaired) electrons. The summed E-state index contributed by atoms with van der Waals surface area (Å²) in [6.45, 7) is 0.599. The Kier molecular flexibility index (Phi) is 5.65. The maximum absolute atomic E-state index is 12.1. The molecule has 0 saturated heterocycles. The van der Waals surface area contributed by atoms with Crippen molar-refractivity contribution in [2.24, 2.45) is 0 Å². The molecule has 2 aromatic carbocycles. The summed E-state index contributed by atoms with van der Waals surface area (Å²) in [7, 11) is 1.43. The minimum Gasteiger partial charge on any atom is -0.507 e. The van der Waals surface area contributed by atoms with E-state index in [9.17, 15) is 14.7 Å². The monoisotopic (exact) mass is 373 g/mol. The zero-order valence-corrected chi connectivity index (χ0v) is 14.7. The van der Waals surface area contributed by atoms with Crippen molar-refractivity contribution >= 4 is 17.6 Å². The lowest BCUT2D eigenvalue weighted by Crippen LogP contribution is -2.21. The molecule has 1 aliphatic rings. The average molecular weight is 373 g/mol. The van der Waals surface area contributed by atoms with Crippen LogP contribution in [-0.4, -0.2) is 43.9 Å². The van der Waals surface area contributed by atoms with Crippen LogP contribution in [0.3, 0.4) is 0 Å². The van der Waals surface area contributed by atoms with E-state index in [4.69, 9.17) is 18.9 Å². The number of benzene rings is 2. The van der Waals surface area contributed by atoms with Crippen LogP contribution in [0, 0.1) is 0 Å². The summed E-state index contributed by atoms with van der Waals surface area (Å²) in [5, 5.41) is 12.4. The van der Waals surface area contributed by atoms with Gasteiger partial charge in [-0.15, -0.1) is 0 Å². The van der Waals surface area contributed by atoms with Crippen molar-refractivity contribution in [3.8, 4) is 23.0 Å². The predicted molar refractivity (Wildman–Crippen MR) is 95.6 cm³/mol. The molecule has 1 heterocycles. The quantitative estimate of drug-likeness (QED) is 0.776. The van der Waals surface area contributed by atoms with E-state index in [2.05, 4.69) is 5.32 Å². The first-order valence-corrected chi connectivity index (χ1v) is 8.30. The van der Waals surface area contributed by atoms with Crippen LogP contribution in [0.25, 0.3) is 0 Å². The largest absolute Gasteiger partial charge is 0.507 e. The maximum Gasteiger partial charge on any atom is 0.342 e. The van der Waals surface area contributed by atoms with Crippen molar-refractivity contribution in [1.82, 2.24) is 0 Å². The molecule has 1 amide bonds. The lowest BCUT2D eigenvalue weighted by molar-refractivity contribution is -0.119. The van der Waals surface area contributed by atoms with Gasteiger partial charge in [0.1, 0.15) is 17.1 Å². The highest BCUT2D eigenvalue weighted by Crippen LogP contribution is 2.32. The number of hydrogen-bond acceptors (Lipinski definition) is 7. The molecule has 2 aromatic rings.